The number of ether oxygens (including phenoxy) is 1. The van der Waals surface area contributed by atoms with Crippen LogP contribution in [0.25, 0.3) is 5.69 Å². The molecule has 1 aliphatic carbocycles. The molecule has 0 saturated carbocycles. The number of allylic oxidation sites excluding steroid dienone is 1. The number of nitrogens with one attached hydrogen (secondary N) is 1. The van der Waals surface area contributed by atoms with Crippen molar-refractivity contribution in [1.29, 1.82) is 0 Å². The molecular weight excluding hydrogens is 412 g/mol. The van der Waals surface area contributed by atoms with E-state index in [9.17, 15) is 19.7 Å². The lowest BCUT2D eigenvalue weighted by atomic mass is 9.75. The van der Waals surface area contributed by atoms with Crippen LogP contribution in [0, 0.1) is 15.5 Å². The molecule has 9 nitrogen and oxygen atoms in total. The van der Waals surface area contributed by atoms with Gasteiger partial charge in [0, 0.05) is 31.7 Å². The number of Topliss-reactive ketones (excluding diaryl/α,β-unsaturated/α-hetero) is 1. The molecule has 0 bridgehead atoms. The van der Waals surface area contributed by atoms with Crippen LogP contribution in [0.5, 0.6) is 0 Å². The number of aromatic nitrogens is 2. The normalized spacial score (nSPS) is 14.7. The van der Waals surface area contributed by atoms with E-state index in [1.807, 2.05) is 13.8 Å². The number of amides is 1. The molecule has 0 unspecified atom stereocenters. The van der Waals surface area contributed by atoms with Crippen molar-refractivity contribution >= 4 is 17.4 Å². The molecule has 32 heavy (non-hydrogen) atoms. The number of nitro groups is 1. The molecule has 1 amide bonds. The Kier molecular flexibility index (Phi) is 6.88. The number of carbonyl (C=O) groups excluding carboxylic acids is 2. The molecule has 0 saturated heterocycles. The average Bonchev–Trinajstić information content (AvgIpc) is 3.09. The van der Waals surface area contributed by atoms with E-state index in [1.54, 1.807) is 6.08 Å². The number of carbonyl (C=O) groups is 2. The summed E-state index contributed by atoms with van der Waals surface area (Å²) in [6.45, 7) is 8.35. The molecule has 3 rings (SSSR count). The van der Waals surface area contributed by atoms with E-state index in [0.29, 0.717) is 55.8 Å². The number of hydrogen-bond donors (Lipinski definition) is 1. The van der Waals surface area contributed by atoms with Crippen LogP contribution in [-0.4, -0.2) is 46.7 Å². The predicted molar refractivity (Wildman–Crippen MR) is 119 cm³/mol. The van der Waals surface area contributed by atoms with Gasteiger partial charge < -0.3 is 10.1 Å². The summed E-state index contributed by atoms with van der Waals surface area (Å²) in [5, 5.41) is 19.2. The van der Waals surface area contributed by atoms with Gasteiger partial charge in [0.25, 0.3) is 11.6 Å². The van der Waals surface area contributed by atoms with E-state index in [-0.39, 0.29) is 28.1 Å². The van der Waals surface area contributed by atoms with E-state index in [1.165, 1.54) is 30.0 Å². The first-order valence-electron chi connectivity index (χ1n) is 10.5. The number of aryl methyl sites for hydroxylation is 1. The molecule has 1 aromatic carbocycles. The van der Waals surface area contributed by atoms with E-state index >= 15 is 0 Å². The molecule has 0 radical (unpaired) electrons. The van der Waals surface area contributed by atoms with Crippen molar-refractivity contribution in [3.8, 4) is 5.69 Å². The van der Waals surface area contributed by atoms with Gasteiger partial charge in [0.05, 0.1) is 28.5 Å². The SMILES string of the molecule is C=CCCc1nn(-c2ccc(C(=O)NCCOC)cc2[N+](=O)[O-])c2c1C(=O)CC(C)(C)C2. The zero-order valence-corrected chi connectivity index (χ0v) is 18.6. The fraction of sp³-hybridized carbons (Fsp3) is 0.435. The Labute approximate surface area is 186 Å². The van der Waals surface area contributed by atoms with E-state index in [2.05, 4.69) is 17.0 Å². The molecule has 0 aliphatic heterocycles. The quantitative estimate of drug-likeness (QED) is 0.276. The average molecular weight is 441 g/mol. The van der Waals surface area contributed by atoms with Crippen LogP contribution in [0.4, 0.5) is 5.69 Å². The molecule has 1 N–H and O–H groups in total. The minimum absolute atomic E-state index is 0.00152. The van der Waals surface area contributed by atoms with Gasteiger partial charge >= 0.3 is 0 Å². The van der Waals surface area contributed by atoms with Gasteiger partial charge in [-0.25, -0.2) is 4.68 Å². The second-order valence-electron chi connectivity index (χ2n) is 8.66. The maximum atomic E-state index is 12.9. The molecule has 9 heteroatoms. The zero-order chi connectivity index (χ0) is 23.5. The zero-order valence-electron chi connectivity index (χ0n) is 18.6. The molecular formula is C23H28N4O5. The summed E-state index contributed by atoms with van der Waals surface area (Å²) in [6.07, 6.45) is 3.88. The van der Waals surface area contributed by atoms with Gasteiger partial charge in [-0.1, -0.05) is 19.9 Å². The Morgan fingerprint density at radius 1 is 1.41 bits per heavy atom. The van der Waals surface area contributed by atoms with Crippen LogP contribution in [0.15, 0.2) is 30.9 Å². The summed E-state index contributed by atoms with van der Waals surface area (Å²) < 4.78 is 6.42. The van der Waals surface area contributed by atoms with Gasteiger partial charge in [-0.05, 0) is 36.8 Å². The third-order valence-corrected chi connectivity index (χ3v) is 5.46. The highest BCUT2D eigenvalue weighted by molar-refractivity contribution is 6.00. The van der Waals surface area contributed by atoms with Gasteiger partial charge in [0.15, 0.2) is 5.78 Å². The molecule has 0 fully saturated rings. The fourth-order valence-corrected chi connectivity index (χ4v) is 4.00. The highest BCUT2D eigenvalue weighted by atomic mass is 16.6. The highest BCUT2D eigenvalue weighted by Crippen LogP contribution is 2.38. The van der Waals surface area contributed by atoms with Crippen molar-refractivity contribution in [2.75, 3.05) is 20.3 Å². The summed E-state index contributed by atoms with van der Waals surface area (Å²) in [4.78, 5) is 36.7. The molecule has 0 spiro atoms. The fourth-order valence-electron chi connectivity index (χ4n) is 4.00. The molecule has 1 aliphatic rings. The maximum absolute atomic E-state index is 12.9. The second kappa shape index (κ2) is 9.44. The van der Waals surface area contributed by atoms with Gasteiger partial charge in [-0.15, -0.1) is 6.58 Å². The van der Waals surface area contributed by atoms with Crippen LogP contribution < -0.4 is 5.32 Å². The summed E-state index contributed by atoms with van der Waals surface area (Å²) >= 11 is 0. The molecule has 0 atom stereocenters. The van der Waals surface area contributed by atoms with Crippen LogP contribution in [0.1, 0.15) is 58.8 Å². The van der Waals surface area contributed by atoms with Gasteiger partial charge in [-0.2, -0.15) is 5.10 Å². The number of rotatable bonds is 9. The standard InChI is InChI=1S/C23H28N4O5/c1-5-6-7-16-21-19(13-23(2,3)14-20(21)28)26(25-16)17-9-8-15(12-18(17)27(30)31)22(29)24-10-11-32-4/h5,8-9,12H,1,6-7,10-11,13-14H2,2-4H3,(H,24,29). The topological polar surface area (TPSA) is 116 Å². The minimum Gasteiger partial charge on any atom is -0.383 e. The number of fused-ring (bicyclic) bond motifs is 1. The molecule has 170 valence electrons. The summed E-state index contributed by atoms with van der Waals surface area (Å²) in [5.41, 5.74) is 1.72. The van der Waals surface area contributed by atoms with E-state index in [4.69, 9.17) is 4.74 Å². The van der Waals surface area contributed by atoms with Crippen LogP contribution in [0.2, 0.25) is 0 Å². The first-order chi connectivity index (χ1) is 15.2. The Balaban J connectivity index is 2.10. The lowest BCUT2D eigenvalue weighted by molar-refractivity contribution is -0.384. The maximum Gasteiger partial charge on any atom is 0.295 e. The van der Waals surface area contributed by atoms with Crippen molar-refractivity contribution in [3.05, 3.63) is 63.5 Å². The Bertz CT molecular complexity index is 1070. The third-order valence-electron chi connectivity index (χ3n) is 5.46. The number of nitro benzene ring substituents is 1. The van der Waals surface area contributed by atoms with Gasteiger partial charge in [0.1, 0.15) is 5.69 Å². The Hall–Kier alpha value is -3.33. The number of hydrogen-bond acceptors (Lipinski definition) is 6. The van der Waals surface area contributed by atoms with Crippen molar-refractivity contribution < 1.29 is 19.2 Å². The number of ketones is 1. The predicted octanol–water partition coefficient (Wildman–Crippen LogP) is 3.43. The first kappa shape index (κ1) is 23.3. The summed E-state index contributed by atoms with van der Waals surface area (Å²) in [6, 6.07) is 4.28. The largest absolute Gasteiger partial charge is 0.383 e. The monoisotopic (exact) mass is 440 g/mol. The first-order valence-corrected chi connectivity index (χ1v) is 10.5. The van der Waals surface area contributed by atoms with Crippen LogP contribution >= 0.6 is 0 Å². The van der Waals surface area contributed by atoms with Gasteiger partial charge in [-0.3, -0.25) is 19.7 Å². The van der Waals surface area contributed by atoms with Crippen molar-refractivity contribution in [3.63, 3.8) is 0 Å². The summed E-state index contributed by atoms with van der Waals surface area (Å²) in [7, 11) is 1.52. The smallest absolute Gasteiger partial charge is 0.295 e. The van der Waals surface area contributed by atoms with Crippen molar-refractivity contribution in [1.82, 2.24) is 15.1 Å². The summed E-state index contributed by atoms with van der Waals surface area (Å²) in [5.74, 6) is -0.430. The molecule has 2 aromatic rings. The minimum atomic E-state index is -0.533. The van der Waals surface area contributed by atoms with Crippen LogP contribution in [0.3, 0.4) is 0 Å². The van der Waals surface area contributed by atoms with E-state index < -0.39 is 10.8 Å². The number of nitrogens with zero attached hydrogens (tertiary/aromatic N) is 3. The highest BCUT2D eigenvalue weighted by Gasteiger charge is 2.37. The second-order valence-corrected chi connectivity index (χ2v) is 8.66. The van der Waals surface area contributed by atoms with E-state index in [0.717, 1.165) is 0 Å². The lowest BCUT2D eigenvalue weighted by Crippen LogP contribution is -2.28. The molecule has 1 heterocycles. The Morgan fingerprint density at radius 3 is 2.81 bits per heavy atom. The number of methoxy groups -OCH3 is 1. The third kappa shape index (κ3) is 4.77. The van der Waals surface area contributed by atoms with Crippen molar-refractivity contribution in [2.24, 2.45) is 5.41 Å². The molecule has 1 aromatic heterocycles. The lowest BCUT2D eigenvalue weighted by Gasteiger charge is -2.29. The number of benzene rings is 1. The Morgan fingerprint density at radius 2 is 2.16 bits per heavy atom. The van der Waals surface area contributed by atoms with Crippen molar-refractivity contribution in [2.45, 2.75) is 39.5 Å². The van der Waals surface area contributed by atoms with Gasteiger partial charge in [0.2, 0.25) is 0 Å². The van der Waals surface area contributed by atoms with Crippen LogP contribution in [-0.2, 0) is 17.6 Å².